The van der Waals surface area contributed by atoms with Crippen LogP contribution in [0.4, 0.5) is 5.69 Å². The van der Waals surface area contributed by atoms with Gasteiger partial charge in [0.15, 0.2) is 5.69 Å². The number of carbonyl (C=O) groups excluding carboxylic acids is 2. The molecule has 0 spiro atoms. The fourth-order valence-electron chi connectivity index (χ4n) is 2.47. The van der Waals surface area contributed by atoms with E-state index in [0.717, 1.165) is 0 Å². The number of amides is 2. The molecule has 0 atom stereocenters. The molecule has 0 fully saturated rings. The molecule has 3 aromatic heterocycles. The number of hydrogen-bond donors (Lipinski definition) is 2. The van der Waals surface area contributed by atoms with Crippen LogP contribution in [0.2, 0.25) is 0 Å². The second kappa shape index (κ2) is 7.68. The van der Waals surface area contributed by atoms with Crippen molar-refractivity contribution in [1.29, 1.82) is 0 Å². The Kier molecular flexibility index (Phi) is 5.16. The molecule has 0 aliphatic heterocycles. The maximum Gasteiger partial charge on any atom is 0.274 e. The average Bonchev–Trinajstić information content (AvgIpc) is 3.38. The van der Waals surface area contributed by atoms with Gasteiger partial charge in [-0.05, 0) is 32.0 Å². The molecular formula is C17H20N6O3. The van der Waals surface area contributed by atoms with Crippen molar-refractivity contribution in [1.82, 2.24) is 24.9 Å². The molecule has 136 valence electrons. The van der Waals surface area contributed by atoms with E-state index in [0.29, 0.717) is 30.2 Å². The molecule has 0 aromatic carbocycles. The molecule has 2 amide bonds. The Morgan fingerprint density at radius 3 is 2.73 bits per heavy atom. The third-order valence-corrected chi connectivity index (χ3v) is 3.80. The van der Waals surface area contributed by atoms with E-state index >= 15 is 0 Å². The predicted molar refractivity (Wildman–Crippen MR) is 93.6 cm³/mol. The lowest BCUT2D eigenvalue weighted by Gasteiger charge is -2.07. The van der Waals surface area contributed by atoms with E-state index < -0.39 is 5.91 Å². The Bertz CT molecular complexity index is 894. The second-order valence-corrected chi connectivity index (χ2v) is 5.50. The number of rotatable bonds is 7. The van der Waals surface area contributed by atoms with Crippen molar-refractivity contribution in [3.8, 4) is 0 Å². The van der Waals surface area contributed by atoms with Crippen LogP contribution in [0.5, 0.6) is 0 Å². The van der Waals surface area contributed by atoms with E-state index in [1.54, 1.807) is 40.0 Å². The van der Waals surface area contributed by atoms with Crippen molar-refractivity contribution >= 4 is 17.5 Å². The van der Waals surface area contributed by atoms with Gasteiger partial charge >= 0.3 is 0 Å². The summed E-state index contributed by atoms with van der Waals surface area (Å²) in [6.45, 7) is 5.17. The molecule has 9 nitrogen and oxygen atoms in total. The van der Waals surface area contributed by atoms with Crippen LogP contribution in [-0.4, -0.2) is 31.4 Å². The maximum absolute atomic E-state index is 12.5. The Balaban J connectivity index is 1.77. The molecule has 2 N–H and O–H groups in total. The standard InChI is InChI=1S/C17H20N6O3/c1-3-22-11-13(20-16(24)14-7-8-19-23(14)4-2)15(21-22)17(25)18-10-12-6-5-9-26-12/h5-9,11H,3-4,10H2,1-2H3,(H,18,25)(H,20,24). The Morgan fingerprint density at radius 1 is 1.19 bits per heavy atom. The van der Waals surface area contributed by atoms with Crippen LogP contribution in [0.1, 0.15) is 40.6 Å². The van der Waals surface area contributed by atoms with Crippen LogP contribution in [-0.2, 0) is 19.6 Å². The molecule has 3 heterocycles. The number of aryl methyl sites for hydroxylation is 2. The second-order valence-electron chi connectivity index (χ2n) is 5.50. The molecule has 0 aliphatic carbocycles. The van der Waals surface area contributed by atoms with Crippen LogP contribution in [0.3, 0.4) is 0 Å². The number of anilines is 1. The quantitative estimate of drug-likeness (QED) is 0.672. The number of nitrogens with one attached hydrogen (secondary N) is 2. The molecule has 0 unspecified atom stereocenters. The summed E-state index contributed by atoms with van der Waals surface area (Å²) in [6.07, 6.45) is 4.73. The van der Waals surface area contributed by atoms with Gasteiger partial charge in [0.25, 0.3) is 11.8 Å². The van der Waals surface area contributed by atoms with E-state index in [-0.39, 0.29) is 18.1 Å². The van der Waals surface area contributed by atoms with Crippen LogP contribution < -0.4 is 10.6 Å². The fourth-order valence-corrected chi connectivity index (χ4v) is 2.47. The zero-order chi connectivity index (χ0) is 18.5. The van der Waals surface area contributed by atoms with Gasteiger partial charge in [0, 0.05) is 25.5 Å². The highest BCUT2D eigenvalue weighted by molar-refractivity contribution is 6.07. The lowest BCUT2D eigenvalue weighted by Crippen LogP contribution is -2.25. The minimum absolute atomic E-state index is 0.148. The summed E-state index contributed by atoms with van der Waals surface area (Å²) in [5, 5.41) is 13.8. The first-order valence-electron chi connectivity index (χ1n) is 8.33. The predicted octanol–water partition coefficient (Wildman–Crippen LogP) is 1.89. The van der Waals surface area contributed by atoms with Gasteiger partial charge in [0.05, 0.1) is 18.5 Å². The smallest absolute Gasteiger partial charge is 0.274 e. The van der Waals surface area contributed by atoms with Gasteiger partial charge in [-0.3, -0.25) is 19.0 Å². The number of aromatic nitrogens is 4. The Morgan fingerprint density at radius 2 is 2.04 bits per heavy atom. The molecule has 0 radical (unpaired) electrons. The van der Waals surface area contributed by atoms with E-state index in [9.17, 15) is 9.59 Å². The first-order chi connectivity index (χ1) is 12.6. The number of hydrogen-bond acceptors (Lipinski definition) is 5. The Hall–Kier alpha value is -3.36. The number of nitrogens with zero attached hydrogens (tertiary/aromatic N) is 4. The summed E-state index contributed by atoms with van der Waals surface area (Å²) in [5.74, 6) is -0.112. The molecule has 0 bridgehead atoms. The van der Waals surface area contributed by atoms with Crippen LogP contribution in [0, 0.1) is 0 Å². The van der Waals surface area contributed by atoms with Gasteiger partial charge in [-0.2, -0.15) is 10.2 Å². The molecule has 9 heteroatoms. The van der Waals surface area contributed by atoms with Gasteiger partial charge in [-0.25, -0.2) is 0 Å². The van der Waals surface area contributed by atoms with Crippen LogP contribution in [0.15, 0.2) is 41.3 Å². The van der Waals surface area contributed by atoms with Crippen LogP contribution >= 0.6 is 0 Å². The summed E-state index contributed by atoms with van der Waals surface area (Å²) < 4.78 is 8.37. The molecule has 0 saturated carbocycles. The molecule has 3 rings (SSSR count). The first kappa shape index (κ1) is 17.5. The maximum atomic E-state index is 12.5. The van der Waals surface area contributed by atoms with Crippen molar-refractivity contribution in [2.75, 3.05) is 5.32 Å². The van der Waals surface area contributed by atoms with Gasteiger partial charge in [0.1, 0.15) is 11.5 Å². The molecule has 0 saturated heterocycles. The zero-order valence-corrected chi connectivity index (χ0v) is 14.6. The summed E-state index contributed by atoms with van der Waals surface area (Å²) in [6, 6.07) is 5.13. The summed E-state index contributed by atoms with van der Waals surface area (Å²) in [7, 11) is 0. The average molecular weight is 356 g/mol. The minimum atomic E-state index is -0.395. The summed E-state index contributed by atoms with van der Waals surface area (Å²) in [5.41, 5.74) is 0.908. The van der Waals surface area contributed by atoms with Gasteiger partial charge in [0.2, 0.25) is 0 Å². The monoisotopic (exact) mass is 356 g/mol. The SMILES string of the molecule is CCn1cc(NC(=O)c2ccnn2CC)c(C(=O)NCc2ccco2)n1. The molecule has 0 aliphatic rings. The lowest BCUT2D eigenvalue weighted by atomic mass is 10.3. The van der Waals surface area contributed by atoms with Gasteiger partial charge < -0.3 is 15.1 Å². The third-order valence-electron chi connectivity index (χ3n) is 3.80. The normalized spacial score (nSPS) is 10.7. The largest absolute Gasteiger partial charge is 0.467 e. The van der Waals surface area contributed by atoms with Gasteiger partial charge in [-0.15, -0.1) is 0 Å². The van der Waals surface area contributed by atoms with E-state index in [4.69, 9.17) is 4.42 Å². The van der Waals surface area contributed by atoms with Gasteiger partial charge in [-0.1, -0.05) is 0 Å². The third kappa shape index (κ3) is 3.66. The van der Waals surface area contributed by atoms with Crippen molar-refractivity contribution in [3.05, 3.63) is 54.0 Å². The summed E-state index contributed by atoms with van der Waals surface area (Å²) >= 11 is 0. The Labute approximate surface area is 150 Å². The lowest BCUT2D eigenvalue weighted by molar-refractivity contribution is 0.0943. The number of carbonyl (C=O) groups is 2. The highest BCUT2D eigenvalue weighted by Crippen LogP contribution is 2.16. The highest BCUT2D eigenvalue weighted by Gasteiger charge is 2.20. The van der Waals surface area contributed by atoms with Crippen LogP contribution in [0.25, 0.3) is 0 Å². The highest BCUT2D eigenvalue weighted by atomic mass is 16.3. The van der Waals surface area contributed by atoms with E-state index in [2.05, 4.69) is 20.8 Å². The van der Waals surface area contributed by atoms with Crippen molar-refractivity contribution < 1.29 is 14.0 Å². The molecule has 26 heavy (non-hydrogen) atoms. The van der Waals surface area contributed by atoms with Crippen molar-refractivity contribution in [2.45, 2.75) is 33.5 Å². The summed E-state index contributed by atoms with van der Waals surface area (Å²) in [4.78, 5) is 25.0. The molecular weight excluding hydrogens is 336 g/mol. The minimum Gasteiger partial charge on any atom is -0.467 e. The topological polar surface area (TPSA) is 107 Å². The van der Waals surface area contributed by atoms with E-state index in [1.165, 1.54) is 6.26 Å². The number of furan rings is 1. The fraction of sp³-hybridized carbons (Fsp3) is 0.294. The first-order valence-corrected chi connectivity index (χ1v) is 8.33. The molecule has 3 aromatic rings. The van der Waals surface area contributed by atoms with Crippen molar-refractivity contribution in [3.63, 3.8) is 0 Å². The van der Waals surface area contributed by atoms with E-state index in [1.807, 2.05) is 13.8 Å². The zero-order valence-electron chi connectivity index (χ0n) is 14.6. The van der Waals surface area contributed by atoms with Crippen molar-refractivity contribution in [2.24, 2.45) is 0 Å².